The number of piperidine rings is 1. The minimum atomic E-state index is -0.346. The third-order valence-electron chi connectivity index (χ3n) is 3.78. The summed E-state index contributed by atoms with van der Waals surface area (Å²) in [6, 6.07) is -0.346. The highest BCUT2D eigenvalue weighted by atomic mass is 16.5. The van der Waals surface area contributed by atoms with E-state index in [0.29, 0.717) is 5.92 Å². The smallest absolute Gasteiger partial charge is 0.239 e. The lowest BCUT2D eigenvalue weighted by atomic mass is 9.95. The summed E-state index contributed by atoms with van der Waals surface area (Å²) in [5, 5.41) is 0. The first kappa shape index (κ1) is 14.5. The second-order valence-corrected chi connectivity index (χ2v) is 5.16. The molecule has 1 fully saturated rings. The van der Waals surface area contributed by atoms with Crippen LogP contribution in [0.25, 0.3) is 0 Å². The molecule has 1 aliphatic heterocycles. The molecule has 0 bridgehead atoms. The van der Waals surface area contributed by atoms with Gasteiger partial charge in [-0.05, 0) is 24.7 Å². The fourth-order valence-electron chi connectivity index (χ4n) is 2.35. The average molecular weight is 242 g/mol. The number of rotatable bonds is 5. The summed E-state index contributed by atoms with van der Waals surface area (Å²) < 4.78 is 5.17. The molecule has 0 spiro atoms. The molecular weight excluding hydrogens is 216 g/mol. The van der Waals surface area contributed by atoms with Crippen LogP contribution in [0.5, 0.6) is 0 Å². The first-order valence-electron chi connectivity index (χ1n) is 6.63. The number of amides is 1. The maximum atomic E-state index is 12.2. The van der Waals surface area contributed by atoms with Crippen LogP contribution in [0.1, 0.15) is 33.1 Å². The fraction of sp³-hybridized carbons (Fsp3) is 0.923. The van der Waals surface area contributed by atoms with Crippen LogP contribution in [-0.4, -0.2) is 43.7 Å². The summed E-state index contributed by atoms with van der Waals surface area (Å²) in [7, 11) is 1.71. The molecule has 4 nitrogen and oxygen atoms in total. The van der Waals surface area contributed by atoms with E-state index >= 15 is 0 Å². The van der Waals surface area contributed by atoms with Crippen LogP contribution >= 0.6 is 0 Å². The van der Waals surface area contributed by atoms with Gasteiger partial charge in [-0.3, -0.25) is 4.79 Å². The van der Waals surface area contributed by atoms with Gasteiger partial charge in [0, 0.05) is 20.2 Å². The minimum absolute atomic E-state index is 0.111. The Morgan fingerprint density at radius 3 is 2.88 bits per heavy atom. The Kier molecular flexibility index (Phi) is 5.92. The largest absolute Gasteiger partial charge is 0.384 e. The number of hydrogen-bond donors (Lipinski definition) is 1. The summed E-state index contributed by atoms with van der Waals surface area (Å²) in [5.74, 6) is 0.840. The quantitative estimate of drug-likeness (QED) is 0.789. The Hall–Kier alpha value is -0.610. The summed E-state index contributed by atoms with van der Waals surface area (Å²) in [5.41, 5.74) is 6.00. The van der Waals surface area contributed by atoms with Crippen LogP contribution in [0.2, 0.25) is 0 Å². The van der Waals surface area contributed by atoms with Gasteiger partial charge in [-0.25, -0.2) is 0 Å². The van der Waals surface area contributed by atoms with Crippen molar-refractivity contribution in [2.45, 2.75) is 39.2 Å². The second kappa shape index (κ2) is 6.97. The zero-order valence-electron chi connectivity index (χ0n) is 11.3. The van der Waals surface area contributed by atoms with Gasteiger partial charge in [0.05, 0.1) is 12.6 Å². The van der Waals surface area contributed by atoms with Gasteiger partial charge in [0.1, 0.15) is 0 Å². The lowest BCUT2D eigenvalue weighted by molar-refractivity contribution is -0.136. The van der Waals surface area contributed by atoms with Crippen molar-refractivity contribution in [3.8, 4) is 0 Å². The summed E-state index contributed by atoms with van der Waals surface area (Å²) in [6.07, 6.45) is 3.16. The molecular formula is C13H26N2O2. The third-order valence-corrected chi connectivity index (χ3v) is 3.78. The van der Waals surface area contributed by atoms with Gasteiger partial charge in [-0.15, -0.1) is 0 Å². The topological polar surface area (TPSA) is 55.6 Å². The summed E-state index contributed by atoms with van der Waals surface area (Å²) >= 11 is 0. The highest BCUT2D eigenvalue weighted by Gasteiger charge is 2.29. The van der Waals surface area contributed by atoms with Gasteiger partial charge < -0.3 is 15.4 Å². The van der Waals surface area contributed by atoms with Crippen LogP contribution in [0.3, 0.4) is 0 Å². The van der Waals surface area contributed by atoms with Crippen molar-refractivity contribution in [2.24, 2.45) is 17.6 Å². The van der Waals surface area contributed by atoms with Gasteiger partial charge in [0.25, 0.3) is 0 Å². The van der Waals surface area contributed by atoms with Gasteiger partial charge in [-0.1, -0.05) is 20.3 Å². The van der Waals surface area contributed by atoms with E-state index in [1.54, 1.807) is 7.11 Å². The van der Waals surface area contributed by atoms with Crippen LogP contribution in [0.4, 0.5) is 0 Å². The van der Waals surface area contributed by atoms with Crippen molar-refractivity contribution in [1.82, 2.24) is 4.90 Å². The van der Waals surface area contributed by atoms with Crippen molar-refractivity contribution in [3.63, 3.8) is 0 Å². The molecule has 0 aromatic heterocycles. The first-order valence-corrected chi connectivity index (χ1v) is 6.63. The molecule has 1 heterocycles. The molecule has 2 N–H and O–H groups in total. The number of hydrogen-bond acceptors (Lipinski definition) is 3. The number of carbonyl (C=O) groups is 1. The number of carbonyl (C=O) groups excluding carboxylic acids is 1. The van der Waals surface area contributed by atoms with E-state index in [4.69, 9.17) is 10.5 Å². The first-order chi connectivity index (χ1) is 8.10. The Bertz CT molecular complexity index is 244. The van der Waals surface area contributed by atoms with Crippen molar-refractivity contribution >= 4 is 5.91 Å². The highest BCUT2D eigenvalue weighted by molar-refractivity contribution is 5.82. The standard InChI is InChI=1S/C13H26N2O2/c1-4-10(2)12(14)13(16)15-7-5-6-11(8-15)9-17-3/h10-12H,4-9,14H2,1-3H3/t10-,11?,12-/m0/s1. The van der Waals surface area contributed by atoms with E-state index in [-0.39, 0.29) is 17.9 Å². The van der Waals surface area contributed by atoms with Crippen molar-refractivity contribution in [1.29, 1.82) is 0 Å². The average Bonchev–Trinajstić information content (AvgIpc) is 2.36. The molecule has 0 saturated carbocycles. The van der Waals surface area contributed by atoms with Gasteiger partial charge in [0.2, 0.25) is 5.91 Å². The highest BCUT2D eigenvalue weighted by Crippen LogP contribution is 2.18. The van der Waals surface area contributed by atoms with E-state index in [1.165, 1.54) is 0 Å². The molecule has 1 unspecified atom stereocenters. The molecule has 0 radical (unpaired) electrons. The lowest BCUT2D eigenvalue weighted by Gasteiger charge is -2.35. The number of likely N-dealkylation sites (tertiary alicyclic amines) is 1. The van der Waals surface area contributed by atoms with Gasteiger partial charge >= 0.3 is 0 Å². The van der Waals surface area contributed by atoms with Crippen molar-refractivity contribution in [2.75, 3.05) is 26.8 Å². The van der Waals surface area contributed by atoms with E-state index in [9.17, 15) is 4.79 Å². The Labute approximate surface area is 104 Å². The van der Waals surface area contributed by atoms with Crippen LogP contribution in [0.15, 0.2) is 0 Å². The lowest BCUT2D eigenvalue weighted by Crippen LogP contribution is -2.50. The Morgan fingerprint density at radius 1 is 1.59 bits per heavy atom. The van der Waals surface area contributed by atoms with Crippen LogP contribution in [-0.2, 0) is 9.53 Å². The maximum absolute atomic E-state index is 12.2. The molecule has 100 valence electrons. The van der Waals surface area contributed by atoms with E-state index in [0.717, 1.165) is 39.0 Å². The maximum Gasteiger partial charge on any atom is 0.239 e. The fourth-order valence-corrected chi connectivity index (χ4v) is 2.35. The molecule has 1 saturated heterocycles. The van der Waals surface area contributed by atoms with E-state index < -0.39 is 0 Å². The molecule has 0 aromatic carbocycles. The number of nitrogens with zero attached hydrogens (tertiary/aromatic N) is 1. The number of ether oxygens (including phenoxy) is 1. The second-order valence-electron chi connectivity index (χ2n) is 5.16. The monoisotopic (exact) mass is 242 g/mol. The molecule has 17 heavy (non-hydrogen) atoms. The number of nitrogens with two attached hydrogens (primary N) is 1. The molecule has 0 aromatic rings. The molecule has 4 heteroatoms. The summed E-state index contributed by atoms with van der Waals surface area (Å²) in [6.45, 7) is 6.50. The zero-order chi connectivity index (χ0) is 12.8. The SMILES string of the molecule is CC[C@H](C)[C@H](N)C(=O)N1CCCC(COC)C1. The summed E-state index contributed by atoms with van der Waals surface area (Å²) in [4.78, 5) is 14.1. The Morgan fingerprint density at radius 2 is 2.29 bits per heavy atom. The van der Waals surface area contributed by atoms with E-state index in [2.05, 4.69) is 6.92 Å². The van der Waals surface area contributed by atoms with Crippen molar-refractivity contribution < 1.29 is 9.53 Å². The molecule has 1 amide bonds. The van der Waals surface area contributed by atoms with Gasteiger partial charge in [0.15, 0.2) is 0 Å². The van der Waals surface area contributed by atoms with Gasteiger partial charge in [-0.2, -0.15) is 0 Å². The van der Waals surface area contributed by atoms with Crippen molar-refractivity contribution in [3.05, 3.63) is 0 Å². The molecule has 1 aliphatic rings. The predicted octanol–water partition coefficient (Wildman–Crippen LogP) is 1.24. The normalized spacial score (nSPS) is 24.5. The zero-order valence-corrected chi connectivity index (χ0v) is 11.3. The predicted molar refractivity (Wildman–Crippen MR) is 68.6 cm³/mol. The molecule has 0 aliphatic carbocycles. The van der Waals surface area contributed by atoms with E-state index in [1.807, 2.05) is 11.8 Å². The minimum Gasteiger partial charge on any atom is -0.384 e. The molecule has 3 atom stereocenters. The third kappa shape index (κ3) is 3.96. The van der Waals surface area contributed by atoms with Crippen LogP contribution < -0.4 is 5.73 Å². The van der Waals surface area contributed by atoms with Crippen LogP contribution in [0, 0.1) is 11.8 Å². The Balaban J connectivity index is 2.51. The molecule has 1 rings (SSSR count). The number of methoxy groups -OCH3 is 1.